The summed E-state index contributed by atoms with van der Waals surface area (Å²) in [6, 6.07) is 18.3. The Bertz CT molecular complexity index is 1460. The smallest absolute Gasteiger partial charge is 0.263 e. The molecule has 1 aromatic heterocycles. The number of rotatable bonds is 5. The Kier molecular flexibility index (Phi) is 5.32. The van der Waals surface area contributed by atoms with Crippen LogP contribution in [0.25, 0.3) is 22.2 Å². The highest BCUT2D eigenvalue weighted by atomic mass is 127. The molecule has 7 nitrogen and oxygen atoms in total. The van der Waals surface area contributed by atoms with Crippen LogP contribution in [0.1, 0.15) is 0 Å². The van der Waals surface area contributed by atoms with Crippen molar-refractivity contribution >= 4 is 59.0 Å². The Morgan fingerprint density at radius 3 is 2.23 bits per heavy atom. The van der Waals surface area contributed by atoms with Gasteiger partial charge in [0.2, 0.25) is 0 Å². The largest absolute Gasteiger partial charge is 0.280 e. The van der Waals surface area contributed by atoms with Crippen LogP contribution in [0.2, 0.25) is 0 Å². The van der Waals surface area contributed by atoms with Gasteiger partial charge in [0, 0.05) is 26.5 Å². The van der Waals surface area contributed by atoms with Gasteiger partial charge in [0.05, 0.1) is 16.1 Å². The maximum Gasteiger partial charge on any atom is 0.263 e. The van der Waals surface area contributed by atoms with Gasteiger partial charge < -0.3 is 0 Å². The van der Waals surface area contributed by atoms with E-state index in [-0.39, 0.29) is 9.79 Å². The first kappa shape index (κ1) is 20.8. The molecule has 1 heterocycles. The van der Waals surface area contributed by atoms with E-state index in [1.54, 1.807) is 18.2 Å². The van der Waals surface area contributed by atoms with E-state index < -0.39 is 19.9 Å². The molecule has 0 unspecified atom stereocenters. The van der Waals surface area contributed by atoms with Crippen molar-refractivity contribution in [2.75, 3.05) is 11.0 Å². The number of sulfonamides is 1. The van der Waals surface area contributed by atoms with E-state index in [1.807, 2.05) is 24.3 Å². The quantitative estimate of drug-likeness (QED) is 0.363. The summed E-state index contributed by atoms with van der Waals surface area (Å²) in [6.45, 7) is 0. The molecule has 2 N–H and O–H groups in total. The molecule has 3 aromatic carbocycles. The molecule has 154 valence electrons. The third kappa shape index (κ3) is 4.07. The van der Waals surface area contributed by atoms with Crippen LogP contribution in [0.3, 0.4) is 0 Å². The second kappa shape index (κ2) is 7.67. The van der Waals surface area contributed by atoms with E-state index >= 15 is 0 Å². The van der Waals surface area contributed by atoms with Crippen LogP contribution in [0, 0.1) is 3.57 Å². The molecule has 0 aliphatic rings. The molecule has 0 aliphatic heterocycles. The second-order valence-corrected chi connectivity index (χ2v) is 11.5. The van der Waals surface area contributed by atoms with Crippen LogP contribution < -0.4 is 4.72 Å². The lowest BCUT2D eigenvalue weighted by Crippen LogP contribution is -2.16. The summed E-state index contributed by atoms with van der Waals surface area (Å²) in [5.74, 6) is 0. The van der Waals surface area contributed by atoms with Gasteiger partial charge in [0.15, 0.2) is 9.84 Å². The first-order chi connectivity index (χ1) is 14.1. The van der Waals surface area contributed by atoms with Gasteiger partial charge in [-0.05, 0) is 65.1 Å². The number of aromatic amines is 1. The van der Waals surface area contributed by atoms with Crippen LogP contribution in [0.4, 0.5) is 5.69 Å². The first-order valence-electron chi connectivity index (χ1n) is 8.71. The third-order valence-corrected chi connectivity index (χ3v) is 7.91. The molecule has 0 aliphatic carbocycles. The van der Waals surface area contributed by atoms with E-state index in [9.17, 15) is 16.8 Å². The number of sulfone groups is 1. The highest BCUT2D eigenvalue weighted by Gasteiger charge is 2.24. The zero-order valence-electron chi connectivity index (χ0n) is 15.6. The molecule has 0 amide bonds. The van der Waals surface area contributed by atoms with Crippen molar-refractivity contribution in [2.24, 2.45) is 0 Å². The maximum atomic E-state index is 12.9. The molecule has 4 rings (SSSR count). The summed E-state index contributed by atoms with van der Waals surface area (Å²) in [5, 5.41) is 8.04. The van der Waals surface area contributed by atoms with Gasteiger partial charge in [0.1, 0.15) is 4.90 Å². The van der Waals surface area contributed by atoms with Crippen molar-refractivity contribution in [3.8, 4) is 11.3 Å². The normalized spacial score (nSPS) is 12.2. The molecule has 10 heteroatoms. The van der Waals surface area contributed by atoms with Crippen molar-refractivity contribution in [3.05, 3.63) is 70.3 Å². The van der Waals surface area contributed by atoms with Crippen molar-refractivity contribution in [3.63, 3.8) is 0 Å². The number of nitrogens with zero attached hydrogens (tertiary/aromatic N) is 1. The van der Waals surface area contributed by atoms with Gasteiger partial charge in [0.25, 0.3) is 10.0 Å². The highest BCUT2D eigenvalue weighted by Crippen LogP contribution is 2.30. The molecule has 0 fully saturated rings. The Labute approximate surface area is 187 Å². The van der Waals surface area contributed by atoms with Crippen LogP contribution in [0.15, 0.2) is 76.5 Å². The van der Waals surface area contributed by atoms with Gasteiger partial charge in [-0.3, -0.25) is 9.82 Å². The zero-order chi connectivity index (χ0) is 21.5. The number of benzene rings is 3. The SMILES string of the molecule is CS(=O)(=O)c1ccccc1S(=O)(=O)Nc1ccc2[nH]nc(-c3ccc(I)cc3)c2c1. The summed E-state index contributed by atoms with van der Waals surface area (Å²) >= 11 is 2.22. The van der Waals surface area contributed by atoms with Crippen molar-refractivity contribution < 1.29 is 16.8 Å². The molecule has 0 radical (unpaired) electrons. The Morgan fingerprint density at radius 2 is 1.57 bits per heavy atom. The standard InChI is InChI=1S/C20H16IN3O4S2/c1-29(25,26)18-4-2-3-5-19(18)30(27,28)24-15-10-11-17-16(12-15)20(23-22-17)13-6-8-14(21)9-7-13/h2-12,24H,1H3,(H,22,23). The molecule has 0 saturated carbocycles. The molecule has 30 heavy (non-hydrogen) atoms. The summed E-state index contributed by atoms with van der Waals surface area (Å²) in [4.78, 5) is -0.542. The third-order valence-electron chi connectivity index (χ3n) is 4.47. The number of anilines is 1. The van der Waals surface area contributed by atoms with Crippen LogP contribution in [-0.4, -0.2) is 33.3 Å². The Morgan fingerprint density at radius 1 is 0.900 bits per heavy atom. The van der Waals surface area contributed by atoms with Crippen LogP contribution in [0.5, 0.6) is 0 Å². The minimum atomic E-state index is -4.12. The number of H-pyrrole nitrogens is 1. The van der Waals surface area contributed by atoms with Crippen molar-refractivity contribution in [1.82, 2.24) is 10.2 Å². The lowest BCUT2D eigenvalue weighted by molar-refractivity contribution is 0.588. The summed E-state index contributed by atoms with van der Waals surface area (Å²) in [5.41, 5.74) is 2.64. The molecular weight excluding hydrogens is 537 g/mol. The fraction of sp³-hybridized carbons (Fsp3) is 0.0500. The summed E-state index contributed by atoms with van der Waals surface area (Å²) in [7, 11) is -7.84. The van der Waals surface area contributed by atoms with Gasteiger partial charge in [-0.1, -0.05) is 24.3 Å². The van der Waals surface area contributed by atoms with E-state index in [4.69, 9.17) is 0 Å². The molecule has 0 saturated heterocycles. The Hall–Kier alpha value is -2.44. The number of halogens is 1. The molecule has 4 aromatic rings. The minimum Gasteiger partial charge on any atom is -0.280 e. The van der Waals surface area contributed by atoms with Gasteiger partial charge in [-0.25, -0.2) is 16.8 Å². The van der Waals surface area contributed by atoms with Gasteiger partial charge in [-0.15, -0.1) is 0 Å². The predicted molar refractivity (Wildman–Crippen MR) is 125 cm³/mol. The molecule has 0 bridgehead atoms. The number of hydrogen-bond acceptors (Lipinski definition) is 5. The minimum absolute atomic E-state index is 0.249. The van der Waals surface area contributed by atoms with Crippen molar-refractivity contribution in [2.45, 2.75) is 9.79 Å². The second-order valence-electron chi connectivity index (χ2n) is 6.66. The van der Waals surface area contributed by atoms with Gasteiger partial charge in [-0.2, -0.15) is 5.10 Å². The lowest BCUT2D eigenvalue weighted by Gasteiger charge is -2.11. The average molecular weight is 553 g/mol. The molecule has 0 spiro atoms. The summed E-state index contributed by atoms with van der Waals surface area (Å²) in [6.07, 6.45) is 0.978. The highest BCUT2D eigenvalue weighted by molar-refractivity contribution is 14.1. The number of nitrogens with one attached hydrogen (secondary N) is 2. The van der Waals surface area contributed by atoms with E-state index in [0.29, 0.717) is 11.4 Å². The van der Waals surface area contributed by atoms with Crippen molar-refractivity contribution in [1.29, 1.82) is 0 Å². The summed E-state index contributed by atoms with van der Waals surface area (Å²) < 4.78 is 53.5. The number of fused-ring (bicyclic) bond motifs is 1. The molecular formula is C20H16IN3O4S2. The zero-order valence-corrected chi connectivity index (χ0v) is 19.4. The molecule has 0 atom stereocenters. The lowest BCUT2D eigenvalue weighted by atomic mass is 10.1. The number of hydrogen-bond donors (Lipinski definition) is 2. The maximum absolute atomic E-state index is 12.9. The first-order valence-corrected chi connectivity index (χ1v) is 13.2. The van der Waals surface area contributed by atoms with E-state index in [2.05, 4.69) is 37.5 Å². The van der Waals surface area contributed by atoms with E-state index in [0.717, 1.165) is 26.3 Å². The fourth-order valence-corrected chi connectivity index (χ4v) is 6.13. The van der Waals surface area contributed by atoms with E-state index in [1.165, 1.54) is 24.3 Å². The number of aromatic nitrogens is 2. The van der Waals surface area contributed by atoms with Gasteiger partial charge >= 0.3 is 0 Å². The fourth-order valence-electron chi connectivity index (χ4n) is 3.09. The topological polar surface area (TPSA) is 109 Å². The predicted octanol–water partition coefficient (Wildman–Crippen LogP) is 4.04. The van der Waals surface area contributed by atoms with Crippen LogP contribution in [-0.2, 0) is 19.9 Å². The van der Waals surface area contributed by atoms with Crippen LogP contribution >= 0.6 is 22.6 Å². The Balaban J connectivity index is 1.76. The average Bonchev–Trinajstić information content (AvgIpc) is 3.11. The monoisotopic (exact) mass is 553 g/mol.